The summed E-state index contributed by atoms with van der Waals surface area (Å²) in [6.45, 7) is 4.56. The van der Waals surface area contributed by atoms with Crippen molar-refractivity contribution in [2.24, 2.45) is 5.92 Å². The maximum Gasteiger partial charge on any atom is 0.326 e. The summed E-state index contributed by atoms with van der Waals surface area (Å²) < 4.78 is 6.33. The van der Waals surface area contributed by atoms with E-state index in [1.165, 1.54) is 43.5 Å². The van der Waals surface area contributed by atoms with E-state index >= 15 is 0 Å². The van der Waals surface area contributed by atoms with Crippen molar-refractivity contribution in [3.05, 3.63) is 0 Å². The monoisotopic (exact) mass is 379 g/mol. The van der Waals surface area contributed by atoms with Crippen LogP contribution in [0.1, 0.15) is 38.5 Å². The van der Waals surface area contributed by atoms with Gasteiger partial charge in [0.1, 0.15) is 0 Å². The molecule has 6 rings (SSSR count). The van der Waals surface area contributed by atoms with Crippen molar-refractivity contribution in [3.8, 4) is 0 Å². The van der Waals surface area contributed by atoms with Gasteiger partial charge in [-0.2, -0.15) is 11.8 Å². The fourth-order valence-electron chi connectivity index (χ4n) is 5.68. The van der Waals surface area contributed by atoms with E-state index in [0.717, 1.165) is 25.6 Å². The summed E-state index contributed by atoms with van der Waals surface area (Å²) in [6.07, 6.45) is 8.69. The molecule has 7 heteroatoms. The van der Waals surface area contributed by atoms with Gasteiger partial charge in [-0.15, -0.1) is 0 Å². The lowest BCUT2D eigenvalue weighted by Gasteiger charge is -2.49. The Balaban J connectivity index is 1.23. The largest absolute Gasteiger partial charge is 0.373 e. The second-order valence-corrected chi connectivity index (χ2v) is 10.3. The van der Waals surface area contributed by atoms with E-state index in [1.807, 2.05) is 16.7 Å². The molecular weight excluding hydrogens is 350 g/mol. The Labute approximate surface area is 159 Å². The third kappa shape index (κ3) is 2.61. The fraction of sp³-hybridized carbons (Fsp3) is 0.895. The van der Waals surface area contributed by atoms with Gasteiger partial charge in [0.2, 0.25) is 5.91 Å². The van der Waals surface area contributed by atoms with Crippen molar-refractivity contribution < 1.29 is 14.3 Å². The highest BCUT2D eigenvalue weighted by molar-refractivity contribution is 8.00. The van der Waals surface area contributed by atoms with Crippen LogP contribution in [0.2, 0.25) is 0 Å². The predicted molar refractivity (Wildman–Crippen MR) is 100 cm³/mol. The highest BCUT2D eigenvalue weighted by Crippen LogP contribution is 2.52. The minimum absolute atomic E-state index is 0.0346. The zero-order valence-corrected chi connectivity index (χ0v) is 16.4. The number of ether oxygens (including phenoxy) is 1. The van der Waals surface area contributed by atoms with E-state index in [-0.39, 0.29) is 28.3 Å². The Morgan fingerprint density at radius 3 is 2.73 bits per heavy atom. The van der Waals surface area contributed by atoms with Gasteiger partial charge in [-0.25, -0.2) is 4.79 Å². The first-order chi connectivity index (χ1) is 12.5. The number of imide groups is 1. The minimum Gasteiger partial charge on any atom is -0.373 e. The highest BCUT2D eigenvalue weighted by atomic mass is 32.2. The standard InChI is InChI=1S/C19H29N3O3S/c1-26-19(4-2-5-19)12-20-6-3-16(23)22(17(20)24)11-15-10-21-9-14-7-18(21,8-14)13-25-15/h14-15H,2-13H2,1H3. The van der Waals surface area contributed by atoms with E-state index < -0.39 is 0 Å². The van der Waals surface area contributed by atoms with Crippen molar-refractivity contribution in [2.75, 3.05) is 45.6 Å². The molecule has 4 heterocycles. The molecule has 6 aliphatic rings. The van der Waals surface area contributed by atoms with Gasteiger partial charge in [-0.1, -0.05) is 6.42 Å². The maximum atomic E-state index is 13.0. The number of rotatable bonds is 5. The van der Waals surface area contributed by atoms with Crippen LogP contribution in [0.25, 0.3) is 0 Å². The molecule has 144 valence electrons. The van der Waals surface area contributed by atoms with E-state index in [0.29, 0.717) is 19.5 Å². The lowest BCUT2D eigenvalue weighted by Crippen LogP contribution is -2.62. The molecule has 6 fully saturated rings. The zero-order chi connectivity index (χ0) is 17.9. The third-order valence-corrected chi connectivity index (χ3v) is 8.86. The van der Waals surface area contributed by atoms with Crippen LogP contribution in [0.15, 0.2) is 0 Å². The molecule has 2 saturated carbocycles. The van der Waals surface area contributed by atoms with Crippen molar-refractivity contribution in [1.82, 2.24) is 14.7 Å². The van der Waals surface area contributed by atoms with Gasteiger partial charge in [0.15, 0.2) is 0 Å². The first-order valence-electron chi connectivity index (χ1n) is 10.0. The summed E-state index contributed by atoms with van der Waals surface area (Å²) >= 11 is 1.88. The van der Waals surface area contributed by atoms with Crippen LogP contribution in [-0.4, -0.2) is 88.6 Å². The van der Waals surface area contributed by atoms with Gasteiger partial charge in [-0.3, -0.25) is 14.6 Å². The molecule has 0 aromatic carbocycles. The highest BCUT2D eigenvalue weighted by Gasteiger charge is 2.58. The lowest BCUT2D eigenvalue weighted by atomic mass is 9.73. The lowest BCUT2D eigenvalue weighted by molar-refractivity contribution is -0.138. The smallest absolute Gasteiger partial charge is 0.326 e. The van der Waals surface area contributed by atoms with Crippen LogP contribution in [0.4, 0.5) is 4.79 Å². The van der Waals surface area contributed by atoms with Crippen molar-refractivity contribution in [3.63, 3.8) is 0 Å². The molecule has 3 amide bonds. The van der Waals surface area contributed by atoms with E-state index in [9.17, 15) is 9.59 Å². The number of urea groups is 1. The molecule has 4 aliphatic heterocycles. The van der Waals surface area contributed by atoms with Gasteiger partial charge in [0.25, 0.3) is 0 Å². The Morgan fingerprint density at radius 2 is 2.04 bits per heavy atom. The van der Waals surface area contributed by atoms with Crippen LogP contribution < -0.4 is 0 Å². The Morgan fingerprint density at radius 1 is 1.23 bits per heavy atom. The molecule has 0 radical (unpaired) electrons. The van der Waals surface area contributed by atoms with Gasteiger partial charge in [0, 0.05) is 42.9 Å². The zero-order valence-electron chi connectivity index (χ0n) is 15.6. The van der Waals surface area contributed by atoms with Crippen LogP contribution in [0.5, 0.6) is 0 Å². The Kier molecular flexibility index (Phi) is 4.07. The van der Waals surface area contributed by atoms with Gasteiger partial charge in [0.05, 0.1) is 19.3 Å². The first kappa shape index (κ1) is 17.3. The molecular formula is C19H29N3O3S. The van der Waals surface area contributed by atoms with Crippen LogP contribution in [-0.2, 0) is 9.53 Å². The number of carbonyl (C=O) groups excluding carboxylic acids is 2. The maximum absolute atomic E-state index is 13.0. The van der Waals surface area contributed by atoms with Crippen LogP contribution >= 0.6 is 11.8 Å². The van der Waals surface area contributed by atoms with Gasteiger partial charge < -0.3 is 9.64 Å². The molecule has 1 unspecified atom stereocenters. The molecule has 6 nitrogen and oxygen atoms in total. The predicted octanol–water partition coefficient (Wildman–Crippen LogP) is 1.79. The third-order valence-electron chi connectivity index (χ3n) is 7.46. The molecule has 26 heavy (non-hydrogen) atoms. The SMILES string of the molecule is CSC1(CN2CCC(=O)N(CC3CN4CC5CC4(CO3)C5)C2=O)CCC1. The number of carbonyl (C=O) groups is 2. The molecule has 4 saturated heterocycles. The average Bonchev–Trinajstić information content (AvgIpc) is 3.11. The van der Waals surface area contributed by atoms with Gasteiger partial charge in [-0.05, 0) is 37.9 Å². The van der Waals surface area contributed by atoms with Crippen molar-refractivity contribution >= 4 is 23.7 Å². The summed E-state index contributed by atoms with van der Waals surface area (Å²) in [6, 6.07) is -0.101. The summed E-state index contributed by atoms with van der Waals surface area (Å²) in [5.74, 6) is 0.809. The van der Waals surface area contributed by atoms with Crippen LogP contribution in [0, 0.1) is 5.92 Å². The first-order valence-corrected chi connectivity index (χ1v) is 11.3. The number of thioether (sulfide) groups is 1. The van der Waals surface area contributed by atoms with Crippen molar-refractivity contribution in [1.29, 1.82) is 0 Å². The number of hydrogen-bond donors (Lipinski definition) is 0. The van der Waals surface area contributed by atoms with E-state index in [2.05, 4.69) is 11.2 Å². The quantitative estimate of drug-likeness (QED) is 0.729. The summed E-state index contributed by atoms with van der Waals surface area (Å²) in [7, 11) is 0. The normalized spacial score (nSPS) is 38.8. The number of nitrogens with zero attached hydrogens (tertiary/aromatic N) is 3. The molecule has 2 bridgehead atoms. The number of amides is 3. The number of morpholine rings is 1. The van der Waals surface area contributed by atoms with E-state index in [1.54, 1.807) is 0 Å². The summed E-state index contributed by atoms with van der Waals surface area (Å²) in [5.41, 5.74) is 0.290. The van der Waals surface area contributed by atoms with Gasteiger partial charge >= 0.3 is 6.03 Å². The molecule has 1 spiro atoms. The molecule has 2 aliphatic carbocycles. The molecule has 0 aromatic rings. The Hall–Kier alpha value is -0.790. The molecule has 1 atom stereocenters. The second-order valence-electron chi connectivity index (χ2n) is 9.04. The van der Waals surface area contributed by atoms with Crippen LogP contribution in [0.3, 0.4) is 0 Å². The Bertz CT molecular complexity index is 612. The summed E-state index contributed by atoms with van der Waals surface area (Å²) in [4.78, 5) is 31.4. The fourth-order valence-corrected chi connectivity index (χ4v) is 6.66. The number of hydrogen-bond acceptors (Lipinski definition) is 5. The average molecular weight is 380 g/mol. The summed E-state index contributed by atoms with van der Waals surface area (Å²) in [5, 5.41) is 0. The van der Waals surface area contributed by atoms with E-state index in [4.69, 9.17) is 4.74 Å². The molecule has 0 aromatic heterocycles. The molecule has 0 N–H and O–H groups in total. The topological polar surface area (TPSA) is 53.1 Å². The second kappa shape index (κ2) is 6.11. The van der Waals surface area contributed by atoms with Crippen molar-refractivity contribution in [2.45, 2.75) is 54.9 Å². The minimum atomic E-state index is -0.101.